The molecule has 1 aromatic heterocycles. The smallest absolute Gasteiger partial charge is 0.225 e. The molecule has 1 amide bonds. The molecule has 1 unspecified atom stereocenters. The molecule has 0 radical (unpaired) electrons. The number of carbonyl (C=O) groups excluding carboxylic acids is 1. The maximum absolute atomic E-state index is 11.6. The molecule has 0 aliphatic carbocycles. The number of likely N-dealkylation sites (N-methyl/N-ethyl adjacent to an activating group) is 1. The number of ether oxygens (including phenoxy) is 1. The fraction of sp³-hybridized carbons (Fsp3) is 0.560. The summed E-state index contributed by atoms with van der Waals surface area (Å²) in [6, 6.07) is 9.94. The summed E-state index contributed by atoms with van der Waals surface area (Å²) in [5, 5.41) is 11.2. The highest BCUT2D eigenvalue weighted by molar-refractivity contribution is 5.77. The zero-order chi connectivity index (χ0) is 23.1. The first kappa shape index (κ1) is 23.4. The topological polar surface area (TPSA) is 82.0 Å². The Kier molecular flexibility index (Phi) is 7.77. The van der Waals surface area contributed by atoms with Gasteiger partial charge in [0.2, 0.25) is 11.9 Å². The molecule has 1 N–H and O–H groups in total. The number of hydrogen-bond acceptors (Lipinski definition) is 7. The molecule has 8 heteroatoms. The van der Waals surface area contributed by atoms with Crippen LogP contribution in [0.3, 0.4) is 0 Å². The third kappa shape index (κ3) is 6.65. The molecule has 4 rings (SSSR count). The second kappa shape index (κ2) is 10.9. The van der Waals surface area contributed by atoms with Crippen molar-refractivity contribution < 1.29 is 14.6 Å². The van der Waals surface area contributed by atoms with Crippen LogP contribution in [0.4, 0.5) is 5.95 Å². The summed E-state index contributed by atoms with van der Waals surface area (Å²) in [5.74, 6) is 1.79. The number of likely N-dealkylation sites (tertiary alicyclic amines) is 1. The van der Waals surface area contributed by atoms with Crippen molar-refractivity contribution in [2.45, 2.75) is 44.2 Å². The van der Waals surface area contributed by atoms with Crippen LogP contribution in [-0.2, 0) is 11.3 Å². The fourth-order valence-corrected chi connectivity index (χ4v) is 4.81. The molecule has 33 heavy (non-hydrogen) atoms. The van der Waals surface area contributed by atoms with E-state index in [1.54, 1.807) is 18.5 Å². The van der Waals surface area contributed by atoms with Gasteiger partial charge in [-0.25, -0.2) is 9.97 Å². The van der Waals surface area contributed by atoms with E-state index in [2.05, 4.69) is 31.9 Å². The Bertz CT molecular complexity index is 895. The van der Waals surface area contributed by atoms with E-state index in [1.807, 2.05) is 24.1 Å². The number of anilines is 1. The minimum atomic E-state index is -0.786. The van der Waals surface area contributed by atoms with Crippen LogP contribution in [0.5, 0.6) is 5.75 Å². The van der Waals surface area contributed by atoms with Crippen molar-refractivity contribution in [3.8, 4) is 5.75 Å². The standard InChI is InChI=1S/C25H35N5O3/c1-28(19-25(32)11-3-15-30(20-25)24-26-12-4-13-27-24)18-21-7-9-22(10-8-21)33-17-5-16-29-14-2-6-23(29)31/h4,7-10,12-13,32H,2-3,5-6,11,14-20H2,1H3. The fourth-order valence-electron chi connectivity index (χ4n) is 4.81. The van der Waals surface area contributed by atoms with Gasteiger partial charge >= 0.3 is 0 Å². The van der Waals surface area contributed by atoms with Gasteiger partial charge in [0.05, 0.1) is 18.8 Å². The lowest BCUT2D eigenvalue weighted by Crippen LogP contribution is -2.54. The molecule has 2 aromatic rings. The maximum Gasteiger partial charge on any atom is 0.225 e. The SMILES string of the molecule is CN(Cc1ccc(OCCCN2CCCC2=O)cc1)CC1(O)CCCN(c2ncccn2)C1. The Morgan fingerprint density at radius 1 is 1.15 bits per heavy atom. The first-order valence-corrected chi connectivity index (χ1v) is 11.9. The monoisotopic (exact) mass is 453 g/mol. The lowest BCUT2D eigenvalue weighted by Gasteiger charge is -2.41. The van der Waals surface area contributed by atoms with Crippen LogP contribution in [-0.4, -0.2) is 82.8 Å². The molecule has 1 atom stereocenters. The summed E-state index contributed by atoms with van der Waals surface area (Å²) in [6.45, 7) is 5.01. The van der Waals surface area contributed by atoms with E-state index < -0.39 is 5.60 Å². The summed E-state index contributed by atoms with van der Waals surface area (Å²) >= 11 is 0. The zero-order valence-corrected chi connectivity index (χ0v) is 19.5. The van der Waals surface area contributed by atoms with E-state index in [9.17, 15) is 9.90 Å². The number of amides is 1. The van der Waals surface area contributed by atoms with E-state index in [0.29, 0.717) is 32.1 Å². The quantitative estimate of drug-likeness (QED) is 0.553. The second-order valence-electron chi connectivity index (χ2n) is 9.30. The van der Waals surface area contributed by atoms with Gasteiger partial charge in [-0.2, -0.15) is 0 Å². The Hall–Kier alpha value is -2.71. The van der Waals surface area contributed by atoms with Crippen molar-refractivity contribution in [3.05, 3.63) is 48.3 Å². The number of piperidine rings is 1. The third-order valence-corrected chi connectivity index (χ3v) is 6.34. The second-order valence-corrected chi connectivity index (χ2v) is 9.30. The van der Waals surface area contributed by atoms with Gasteiger partial charge in [-0.3, -0.25) is 9.69 Å². The minimum Gasteiger partial charge on any atom is -0.494 e. The van der Waals surface area contributed by atoms with Crippen LogP contribution < -0.4 is 9.64 Å². The first-order chi connectivity index (χ1) is 16.0. The molecule has 8 nitrogen and oxygen atoms in total. The first-order valence-electron chi connectivity index (χ1n) is 11.9. The van der Waals surface area contributed by atoms with Crippen molar-refractivity contribution in [1.29, 1.82) is 0 Å². The lowest BCUT2D eigenvalue weighted by molar-refractivity contribution is -0.127. The van der Waals surface area contributed by atoms with Crippen molar-refractivity contribution >= 4 is 11.9 Å². The largest absolute Gasteiger partial charge is 0.494 e. The number of carbonyl (C=O) groups is 1. The summed E-state index contributed by atoms with van der Waals surface area (Å²) in [7, 11) is 2.04. The van der Waals surface area contributed by atoms with Gasteiger partial charge in [-0.15, -0.1) is 0 Å². The van der Waals surface area contributed by atoms with Gasteiger partial charge in [0.25, 0.3) is 0 Å². The molecule has 2 aliphatic rings. The highest BCUT2D eigenvalue weighted by Crippen LogP contribution is 2.25. The molecule has 0 saturated carbocycles. The van der Waals surface area contributed by atoms with Crippen LogP contribution in [0, 0.1) is 0 Å². The van der Waals surface area contributed by atoms with Gasteiger partial charge in [-0.05, 0) is 56.5 Å². The average Bonchev–Trinajstić information content (AvgIpc) is 3.22. The van der Waals surface area contributed by atoms with Gasteiger partial charge in [0.15, 0.2) is 0 Å². The molecular weight excluding hydrogens is 418 g/mol. The molecule has 3 heterocycles. The summed E-state index contributed by atoms with van der Waals surface area (Å²) in [4.78, 5) is 26.5. The van der Waals surface area contributed by atoms with Gasteiger partial charge in [0, 0.05) is 51.5 Å². The number of nitrogens with zero attached hydrogens (tertiary/aromatic N) is 5. The van der Waals surface area contributed by atoms with Gasteiger partial charge < -0.3 is 19.6 Å². The maximum atomic E-state index is 11.6. The molecule has 0 bridgehead atoms. The Balaban J connectivity index is 1.21. The normalized spacial score (nSPS) is 21.1. The molecule has 2 fully saturated rings. The number of benzene rings is 1. The predicted molar refractivity (Wildman–Crippen MR) is 127 cm³/mol. The highest BCUT2D eigenvalue weighted by atomic mass is 16.5. The van der Waals surface area contributed by atoms with E-state index in [4.69, 9.17) is 4.74 Å². The molecular formula is C25H35N5O3. The van der Waals surface area contributed by atoms with Crippen LogP contribution in [0.25, 0.3) is 0 Å². The van der Waals surface area contributed by atoms with Crippen molar-refractivity contribution in [1.82, 2.24) is 19.8 Å². The van der Waals surface area contributed by atoms with Crippen LogP contribution in [0.2, 0.25) is 0 Å². The van der Waals surface area contributed by atoms with Gasteiger partial charge in [-0.1, -0.05) is 12.1 Å². The van der Waals surface area contributed by atoms with E-state index in [-0.39, 0.29) is 5.91 Å². The molecule has 178 valence electrons. The zero-order valence-electron chi connectivity index (χ0n) is 19.5. The van der Waals surface area contributed by atoms with Crippen LogP contribution in [0.15, 0.2) is 42.7 Å². The Morgan fingerprint density at radius 2 is 1.94 bits per heavy atom. The van der Waals surface area contributed by atoms with E-state index in [0.717, 1.165) is 57.6 Å². The summed E-state index contributed by atoms with van der Waals surface area (Å²) < 4.78 is 5.84. The Labute approximate surface area is 196 Å². The third-order valence-electron chi connectivity index (χ3n) is 6.34. The molecule has 2 saturated heterocycles. The van der Waals surface area contributed by atoms with Crippen LogP contribution in [0.1, 0.15) is 37.7 Å². The van der Waals surface area contributed by atoms with Gasteiger partial charge in [0.1, 0.15) is 5.75 Å². The van der Waals surface area contributed by atoms with E-state index in [1.165, 1.54) is 5.56 Å². The number of aromatic nitrogens is 2. The Morgan fingerprint density at radius 3 is 2.67 bits per heavy atom. The average molecular weight is 454 g/mol. The van der Waals surface area contributed by atoms with Crippen molar-refractivity contribution in [2.75, 3.05) is 51.3 Å². The lowest BCUT2D eigenvalue weighted by atomic mass is 9.92. The number of hydrogen-bond donors (Lipinski definition) is 1. The number of β-amino-alcohol motifs (C(OH)–C–C–N with tert-alkyl or cyclic N) is 1. The number of rotatable bonds is 10. The van der Waals surface area contributed by atoms with Crippen molar-refractivity contribution in [2.24, 2.45) is 0 Å². The van der Waals surface area contributed by atoms with E-state index >= 15 is 0 Å². The molecule has 1 aromatic carbocycles. The number of aliphatic hydroxyl groups is 1. The molecule has 2 aliphatic heterocycles. The molecule has 0 spiro atoms. The summed E-state index contributed by atoms with van der Waals surface area (Å²) in [5.41, 5.74) is 0.390. The predicted octanol–water partition coefficient (Wildman–Crippen LogP) is 2.33. The highest BCUT2D eigenvalue weighted by Gasteiger charge is 2.35. The van der Waals surface area contributed by atoms with Crippen molar-refractivity contribution in [3.63, 3.8) is 0 Å². The summed E-state index contributed by atoms with van der Waals surface area (Å²) in [6.07, 6.45) is 7.69. The minimum absolute atomic E-state index is 0.266. The van der Waals surface area contributed by atoms with Crippen LogP contribution >= 0.6 is 0 Å².